The summed E-state index contributed by atoms with van der Waals surface area (Å²) in [5.41, 5.74) is 0.840. The SMILES string of the molecule is C[C@@H]1C[C@@H](C)CN(C(=O)COc2ccc(-n3cnnn3)cc2)C1. The third-order valence-corrected chi connectivity index (χ3v) is 4.03. The summed E-state index contributed by atoms with van der Waals surface area (Å²) in [4.78, 5) is 14.2. The van der Waals surface area contributed by atoms with Crippen LogP contribution in [0.2, 0.25) is 0 Å². The van der Waals surface area contributed by atoms with Gasteiger partial charge in [0.1, 0.15) is 12.1 Å². The highest BCUT2D eigenvalue weighted by molar-refractivity contribution is 5.77. The van der Waals surface area contributed by atoms with Crippen molar-refractivity contribution in [2.45, 2.75) is 20.3 Å². The van der Waals surface area contributed by atoms with E-state index in [0.717, 1.165) is 18.8 Å². The average Bonchev–Trinajstić information content (AvgIpc) is 3.06. The molecule has 0 spiro atoms. The van der Waals surface area contributed by atoms with Crippen molar-refractivity contribution in [1.82, 2.24) is 25.1 Å². The van der Waals surface area contributed by atoms with Crippen LogP contribution in [-0.2, 0) is 4.79 Å². The first kappa shape index (κ1) is 15.5. The number of tetrazole rings is 1. The highest BCUT2D eigenvalue weighted by atomic mass is 16.5. The maximum atomic E-state index is 12.3. The highest BCUT2D eigenvalue weighted by Crippen LogP contribution is 2.21. The normalized spacial score (nSPS) is 21.2. The molecule has 7 nitrogen and oxygen atoms in total. The van der Waals surface area contributed by atoms with Crippen LogP contribution in [0.3, 0.4) is 0 Å². The van der Waals surface area contributed by atoms with Gasteiger partial charge in [0.05, 0.1) is 5.69 Å². The van der Waals surface area contributed by atoms with Crippen LogP contribution < -0.4 is 4.74 Å². The zero-order valence-corrected chi connectivity index (χ0v) is 13.4. The topological polar surface area (TPSA) is 73.1 Å². The van der Waals surface area contributed by atoms with Crippen molar-refractivity contribution in [3.05, 3.63) is 30.6 Å². The van der Waals surface area contributed by atoms with E-state index in [-0.39, 0.29) is 12.5 Å². The van der Waals surface area contributed by atoms with Crippen molar-refractivity contribution in [3.63, 3.8) is 0 Å². The van der Waals surface area contributed by atoms with E-state index in [4.69, 9.17) is 4.74 Å². The molecule has 2 atom stereocenters. The zero-order valence-electron chi connectivity index (χ0n) is 13.4. The number of rotatable bonds is 4. The summed E-state index contributed by atoms with van der Waals surface area (Å²) in [6.45, 7) is 6.10. The van der Waals surface area contributed by atoms with E-state index >= 15 is 0 Å². The summed E-state index contributed by atoms with van der Waals surface area (Å²) in [6.07, 6.45) is 2.71. The molecule has 7 heteroatoms. The van der Waals surface area contributed by atoms with E-state index in [9.17, 15) is 4.79 Å². The molecule has 1 aliphatic heterocycles. The van der Waals surface area contributed by atoms with Gasteiger partial charge in [-0.2, -0.15) is 0 Å². The van der Waals surface area contributed by atoms with Gasteiger partial charge in [-0.05, 0) is 52.9 Å². The van der Waals surface area contributed by atoms with Gasteiger partial charge in [0.15, 0.2) is 6.61 Å². The lowest BCUT2D eigenvalue weighted by Crippen LogP contribution is -2.44. The summed E-state index contributed by atoms with van der Waals surface area (Å²) in [5, 5.41) is 11.0. The summed E-state index contributed by atoms with van der Waals surface area (Å²) in [6, 6.07) is 7.32. The number of piperidine rings is 1. The van der Waals surface area contributed by atoms with Crippen molar-refractivity contribution in [1.29, 1.82) is 0 Å². The minimum absolute atomic E-state index is 0.0490. The van der Waals surface area contributed by atoms with Crippen LogP contribution in [-0.4, -0.2) is 50.7 Å². The molecule has 1 amide bonds. The quantitative estimate of drug-likeness (QED) is 0.856. The highest BCUT2D eigenvalue weighted by Gasteiger charge is 2.25. The number of likely N-dealkylation sites (tertiary alicyclic amines) is 1. The molecule has 1 saturated heterocycles. The predicted octanol–water partition coefficient (Wildman–Crippen LogP) is 1.55. The van der Waals surface area contributed by atoms with Crippen molar-refractivity contribution < 1.29 is 9.53 Å². The number of benzene rings is 1. The fraction of sp³-hybridized carbons (Fsp3) is 0.500. The van der Waals surface area contributed by atoms with Gasteiger partial charge in [0.25, 0.3) is 5.91 Å². The number of carbonyl (C=O) groups excluding carboxylic acids is 1. The average molecular weight is 315 g/mol. The Hall–Kier alpha value is -2.44. The second-order valence-electron chi connectivity index (χ2n) is 6.28. The molecule has 1 aliphatic rings. The van der Waals surface area contributed by atoms with Gasteiger partial charge in [0, 0.05) is 13.1 Å². The van der Waals surface area contributed by atoms with Crippen LogP contribution in [0.15, 0.2) is 30.6 Å². The van der Waals surface area contributed by atoms with Crippen LogP contribution >= 0.6 is 0 Å². The van der Waals surface area contributed by atoms with Crippen LogP contribution in [0.25, 0.3) is 5.69 Å². The molecular weight excluding hydrogens is 294 g/mol. The van der Waals surface area contributed by atoms with Gasteiger partial charge in [-0.3, -0.25) is 4.79 Å². The number of hydrogen-bond acceptors (Lipinski definition) is 5. The fourth-order valence-corrected chi connectivity index (χ4v) is 3.08. The third kappa shape index (κ3) is 3.85. The van der Waals surface area contributed by atoms with E-state index in [2.05, 4.69) is 29.4 Å². The van der Waals surface area contributed by atoms with Crippen LogP contribution in [0.5, 0.6) is 5.75 Å². The summed E-state index contributed by atoms with van der Waals surface area (Å²) in [5.74, 6) is 1.82. The molecule has 0 bridgehead atoms. The lowest BCUT2D eigenvalue weighted by atomic mass is 9.92. The van der Waals surface area contributed by atoms with Gasteiger partial charge in [-0.15, -0.1) is 5.10 Å². The van der Waals surface area contributed by atoms with Crippen molar-refractivity contribution >= 4 is 5.91 Å². The van der Waals surface area contributed by atoms with Crippen molar-refractivity contribution in [2.24, 2.45) is 11.8 Å². The van der Waals surface area contributed by atoms with Gasteiger partial charge >= 0.3 is 0 Å². The first-order chi connectivity index (χ1) is 11.1. The Bertz CT molecular complexity index is 631. The second kappa shape index (κ2) is 6.76. The van der Waals surface area contributed by atoms with E-state index < -0.39 is 0 Å². The fourth-order valence-electron chi connectivity index (χ4n) is 3.08. The Kier molecular flexibility index (Phi) is 4.55. The summed E-state index contributed by atoms with van der Waals surface area (Å²) in [7, 11) is 0. The monoisotopic (exact) mass is 315 g/mol. The molecule has 0 N–H and O–H groups in total. The van der Waals surface area contributed by atoms with E-state index in [1.807, 2.05) is 29.2 Å². The minimum Gasteiger partial charge on any atom is -0.484 e. The van der Waals surface area contributed by atoms with Gasteiger partial charge in [-0.25, -0.2) is 4.68 Å². The Morgan fingerprint density at radius 2 is 1.91 bits per heavy atom. The Balaban J connectivity index is 1.54. The molecule has 1 aromatic heterocycles. The van der Waals surface area contributed by atoms with Crippen molar-refractivity contribution in [3.8, 4) is 11.4 Å². The number of ether oxygens (including phenoxy) is 1. The summed E-state index contributed by atoms with van der Waals surface area (Å²) >= 11 is 0. The van der Waals surface area contributed by atoms with Crippen LogP contribution in [0, 0.1) is 11.8 Å². The molecular formula is C16H21N5O2. The Morgan fingerprint density at radius 3 is 2.52 bits per heavy atom. The van der Waals surface area contributed by atoms with Gasteiger partial charge in [-0.1, -0.05) is 13.8 Å². The molecule has 122 valence electrons. The first-order valence-electron chi connectivity index (χ1n) is 7.86. The molecule has 0 aliphatic carbocycles. The second-order valence-corrected chi connectivity index (χ2v) is 6.28. The Morgan fingerprint density at radius 1 is 1.22 bits per heavy atom. The van der Waals surface area contributed by atoms with Crippen molar-refractivity contribution in [2.75, 3.05) is 19.7 Å². The molecule has 2 aromatic rings. The predicted molar refractivity (Wildman–Crippen MR) is 84.2 cm³/mol. The van der Waals surface area contributed by atoms with Gasteiger partial charge < -0.3 is 9.64 Å². The van der Waals surface area contributed by atoms with E-state index in [1.165, 1.54) is 12.7 Å². The zero-order chi connectivity index (χ0) is 16.2. The summed E-state index contributed by atoms with van der Waals surface area (Å²) < 4.78 is 7.17. The number of carbonyl (C=O) groups is 1. The van der Waals surface area contributed by atoms with Crippen LogP contribution in [0.4, 0.5) is 0 Å². The first-order valence-corrected chi connectivity index (χ1v) is 7.86. The lowest BCUT2D eigenvalue weighted by Gasteiger charge is -2.34. The van der Waals surface area contributed by atoms with E-state index in [1.54, 1.807) is 4.68 Å². The minimum atomic E-state index is 0.0490. The Labute approximate surface area is 135 Å². The smallest absolute Gasteiger partial charge is 0.260 e. The molecule has 0 radical (unpaired) electrons. The standard InChI is InChI=1S/C16H21N5O2/c1-12-7-13(2)9-20(8-12)16(22)10-23-15-5-3-14(4-6-15)21-11-17-18-19-21/h3-6,11-13H,7-10H2,1-2H3/t12-,13-/m1/s1. The lowest BCUT2D eigenvalue weighted by molar-refractivity contribution is -0.136. The number of nitrogens with zero attached hydrogens (tertiary/aromatic N) is 5. The molecule has 0 unspecified atom stereocenters. The molecule has 1 fully saturated rings. The maximum absolute atomic E-state index is 12.3. The molecule has 0 saturated carbocycles. The molecule has 1 aromatic carbocycles. The number of amides is 1. The number of hydrogen-bond donors (Lipinski definition) is 0. The maximum Gasteiger partial charge on any atom is 0.260 e. The molecule has 3 rings (SSSR count). The molecule has 23 heavy (non-hydrogen) atoms. The van der Waals surface area contributed by atoms with Crippen LogP contribution in [0.1, 0.15) is 20.3 Å². The van der Waals surface area contributed by atoms with E-state index in [0.29, 0.717) is 17.6 Å². The van der Waals surface area contributed by atoms with Gasteiger partial charge in [0.2, 0.25) is 0 Å². The molecule has 2 heterocycles. The third-order valence-electron chi connectivity index (χ3n) is 4.03. The largest absolute Gasteiger partial charge is 0.484 e. The number of aromatic nitrogens is 4.